The van der Waals surface area contributed by atoms with Gasteiger partial charge in [-0.15, -0.1) is 0 Å². The molecule has 2 N–H and O–H groups in total. The average molecular weight is 411 g/mol. The number of benzene rings is 3. The summed E-state index contributed by atoms with van der Waals surface area (Å²) in [6.45, 7) is 0. The minimum atomic E-state index is -0.600. The standard InChI is InChI=1S/C25H21N3O3/c29-23-15-17(16-8-2-1-3-9-16)14-21-24(23)25(18-10-4-7-13-22(18)28(30)31)27-20-12-6-5-11-19(20)26-21/h1-13,17,25-27H,14-15H2/t17-,25-/m0/s1. The predicted molar refractivity (Wildman–Crippen MR) is 120 cm³/mol. The minimum Gasteiger partial charge on any atom is -0.372 e. The quantitative estimate of drug-likeness (QED) is 0.434. The molecule has 6 nitrogen and oxygen atoms in total. The number of Topliss-reactive ketones (excluding diaryl/α,β-unsaturated/α-hetero) is 1. The summed E-state index contributed by atoms with van der Waals surface area (Å²) >= 11 is 0. The van der Waals surface area contributed by atoms with Gasteiger partial charge in [-0.25, -0.2) is 0 Å². The largest absolute Gasteiger partial charge is 0.372 e. The number of hydrogen-bond acceptors (Lipinski definition) is 5. The highest BCUT2D eigenvalue weighted by Gasteiger charge is 2.38. The lowest BCUT2D eigenvalue weighted by atomic mass is 9.78. The number of nitro benzene ring substituents is 1. The fourth-order valence-electron chi connectivity index (χ4n) is 4.58. The highest BCUT2D eigenvalue weighted by molar-refractivity contribution is 6.01. The number of carbonyl (C=O) groups excluding carboxylic acids is 1. The summed E-state index contributed by atoms with van der Waals surface area (Å²) < 4.78 is 0. The SMILES string of the molecule is O=C1C[C@@H](c2ccccc2)CC2=C1[C@H](c1ccccc1[N+](=O)[O-])Nc1ccccc1N2. The monoisotopic (exact) mass is 411 g/mol. The van der Waals surface area contributed by atoms with E-state index in [1.165, 1.54) is 6.07 Å². The van der Waals surface area contributed by atoms with Gasteiger partial charge >= 0.3 is 0 Å². The Hall–Kier alpha value is -3.93. The molecule has 1 heterocycles. The van der Waals surface area contributed by atoms with Crippen molar-refractivity contribution in [2.45, 2.75) is 24.8 Å². The van der Waals surface area contributed by atoms with E-state index in [0.29, 0.717) is 24.0 Å². The molecule has 1 aliphatic carbocycles. The van der Waals surface area contributed by atoms with E-state index in [1.54, 1.807) is 18.2 Å². The van der Waals surface area contributed by atoms with Crippen LogP contribution in [-0.4, -0.2) is 10.7 Å². The maximum atomic E-state index is 13.5. The third kappa shape index (κ3) is 3.46. The van der Waals surface area contributed by atoms with E-state index in [2.05, 4.69) is 10.6 Å². The summed E-state index contributed by atoms with van der Waals surface area (Å²) in [5, 5.41) is 18.6. The summed E-state index contributed by atoms with van der Waals surface area (Å²) in [6, 6.07) is 23.8. The van der Waals surface area contributed by atoms with Crippen molar-refractivity contribution in [3.63, 3.8) is 0 Å². The molecule has 2 atom stereocenters. The number of hydrogen-bond donors (Lipinski definition) is 2. The smallest absolute Gasteiger partial charge is 0.275 e. The zero-order valence-electron chi connectivity index (χ0n) is 16.7. The second kappa shape index (κ2) is 7.72. The van der Waals surface area contributed by atoms with Gasteiger partial charge in [0.25, 0.3) is 5.69 Å². The van der Waals surface area contributed by atoms with Gasteiger partial charge in [0.15, 0.2) is 5.78 Å². The molecule has 0 aromatic heterocycles. The van der Waals surface area contributed by atoms with Crippen LogP contribution in [0.15, 0.2) is 90.1 Å². The van der Waals surface area contributed by atoms with Gasteiger partial charge < -0.3 is 10.6 Å². The second-order valence-electron chi connectivity index (χ2n) is 7.90. The molecule has 0 saturated heterocycles. The molecule has 1 aliphatic heterocycles. The van der Waals surface area contributed by atoms with E-state index in [9.17, 15) is 14.9 Å². The molecule has 0 spiro atoms. The molecule has 5 rings (SSSR count). The summed E-state index contributed by atoms with van der Waals surface area (Å²) in [5.74, 6) is 0.0719. The maximum absolute atomic E-state index is 13.5. The van der Waals surface area contributed by atoms with Crippen molar-refractivity contribution in [2.24, 2.45) is 0 Å². The number of allylic oxidation sites excluding steroid dienone is 1. The molecule has 2 aliphatic rings. The Balaban J connectivity index is 1.66. The number of para-hydroxylation sites is 3. The van der Waals surface area contributed by atoms with Gasteiger partial charge in [0, 0.05) is 23.8 Å². The van der Waals surface area contributed by atoms with Gasteiger partial charge in [0.2, 0.25) is 0 Å². The lowest BCUT2D eigenvalue weighted by Crippen LogP contribution is -2.27. The Labute approximate surface area is 179 Å². The Morgan fingerprint density at radius 1 is 0.839 bits per heavy atom. The van der Waals surface area contributed by atoms with Crippen molar-refractivity contribution in [3.8, 4) is 0 Å². The minimum absolute atomic E-state index is 0.00390. The summed E-state index contributed by atoms with van der Waals surface area (Å²) in [4.78, 5) is 24.8. The molecule has 0 unspecified atom stereocenters. The van der Waals surface area contributed by atoms with E-state index in [-0.39, 0.29) is 22.3 Å². The normalized spacial score (nSPS) is 20.1. The van der Waals surface area contributed by atoms with Crippen molar-refractivity contribution in [3.05, 3.63) is 111 Å². The fourth-order valence-corrected chi connectivity index (χ4v) is 4.58. The van der Waals surface area contributed by atoms with Crippen LogP contribution in [0.25, 0.3) is 0 Å². The molecule has 3 aromatic carbocycles. The zero-order chi connectivity index (χ0) is 21.4. The van der Waals surface area contributed by atoms with Crippen LogP contribution >= 0.6 is 0 Å². The van der Waals surface area contributed by atoms with Crippen molar-refractivity contribution in [1.82, 2.24) is 0 Å². The van der Waals surface area contributed by atoms with Gasteiger partial charge in [-0.1, -0.05) is 54.6 Å². The first-order valence-corrected chi connectivity index (χ1v) is 10.3. The summed E-state index contributed by atoms with van der Waals surface area (Å²) in [5.41, 5.74) is 4.69. The predicted octanol–water partition coefficient (Wildman–Crippen LogP) is 5.57. The Morgan fingerprint density at radius 3 is 2.29 bits per heavy atom. The van der Waals surface area contributed by atoms with E-state index in [4.69, 9.17) is 0 Å². The molecule has 0 bridgehead atoms. The van der Waals surface area contributed by atoms with Gasteiger partial charge in [0.05, 0.1) is 27.9 Å². The molecule has 0 saturated carbocycles. The second-order valence-corrected chi connectivity index (χ2v) is 7.90. The first-order chi connectivity index (χ1) is 15.1. The topological polar surface area (TPSA) is 84.3 Å². The van der Waals surface area contributed by atoms with Crippen LogP contribution in [-0.2, 0) is 4.79 Å². The Kier molecular flexibility index (Phi) is 4.75. The molecule has 154 valence electrons. The number of anilines is 2. The Bertz CT molecular complexity index is 1200. The van der Waals surface area contributed by atoms with Gasteiger partial charge in [-0.2, -0.15) is 0 Å². The van der Waals surface area contributed by atoms with Crippen LogP contribution in [0.3, 0.4) is 0 Å². The highest BCUT2D eigenvalue weighted by atomic mass is 16.6. The number of nitro groups is 1. The lowest BCUT2D eigenvalue weighted by Gasteiger charge is -2.29. The molecular weight excluding hydrogens is 390 g/mol. The van der Waals surface area contributed by atoms with Crippen LogP contribution in [0.5, 0.6) is 0 Å². The molecule has 0 radical (unpaired) electrons. The van der Waals surface area contributed by atoms with E-state index < -0.39 is 6.04 Å². The highest BCUT2D eigenvalue weighted by Crippen LogP contribution is 2.45. The molecule has 0 fully saturated rings. The first kappa shape index (κ1) is 19.1. The number of nitrogens with zero attached hydrogens (tertiary/aromatic N) is 1. The van der Waals surface area contributed by atoms with E-state index in [0.717, 1.165) is 22.6 Å². The Morgan fingerprint density at radius 2 is 1.52 bits per heavy atom. The van der Waals surface area contributed by atoms with Crippen LogP contribution in [0, 0.1) is 10.1 Å². The van der Waals surface area contributed by atoms with E-state index in [1.807, 2.05) is 54.6 Å². The van der Waals surface area contributed by atoms with Crippen LogP contribution in [0.1, 0.15) is 35.9 Å². The van der Waals surface area contributed by atoms with Crippen molar-refractivity contribution < 1.29 is 9.72 Å². The van der Waals surface area contributed by atoms with E-state index >= 15 is 0 Å². The number of ketones is 1. The summed E-state index contributed by atoms with van der Waals surface area (Å²) in [6.07, 6.45) is 1.04. The van der Waals surface area contributed by atoms with Gasteiger partial charge in [0.1, 0.15) is 0 Å². The number of rotatable bonds is 3. The van der Waals surface area contributed by atoms with Crippen molar-refractivity contribution >= 4 is 22.8 Å². The van der Waals surface area contributed by atoms with Crippen molar-refractivity contribution in [2.75, 3.05) is 10.6 Å². The third-order valence-electron chi connectivity index (χ3n) is 6.02. The van der Waals surface area contributed by atoms with Crippen LogP contribution in [0.2, 0.25) is 0 Å². The molecule has 0 amide bonds. The van der Waals surface area contributed by atoms with Crippen molar-refractivity contribution in [1.29, 1.82) is 0 Å². The maximum Gasteiger partial charge on any atom is 0.275 e. The van der Waals surface area contributed by atoms with Crippen LogP contribution < -0.4 is 10.6 Å². The molecular formula is C25H21N3O3. The average Bonchev–Trinajstić information content (AvgIpc) is 2.96. The van der Waals surface area contributed by atoms with Crippen LogP contribution in [0.4, 0.5) is 17.1 Å². The van der Waals surface area contributed by atoms with Gasteiger partial charge in [-0.3, -0.25) is 14.9 Å². The molecule has 6 heteroatoms. The fraction of sp³-hybridized carbons (Fsp3) is 0.160. The number of carbonyl (C=O) groups is 1. The molecule has 3 aromatic rings. The number of nitrogens with one attached hydrogen (secondary N) is 2. The third-order valence-corrected chi connectivity index (χ3v) is 6.02. The zero-order valence-corrected chi connectivity index (χ0v) is 16.7. The van der Waals surface area contributed by atoms with Gasteiger partial charge in [-0.05, 0) is 36.1 Å². The molecule has 31 heavy (non-hydrogen) atoms. The number of fused-ring (bicyclic) bond motifs is 1. The lowest BCUT2D eigenvalue weighted by molar-refractivity contribution is -0.385. The summed E-state index contributed by atoms with van der Waals surface area (Å²) in [7, 11) is 0. The first-order valence-electron chi connectivity index (χ1n) is 10.3.